The molecule has 0 atom stereocenters. The molecule has 0 radical (unpaired) electrons. The van der Waals surface area contributed by atoms with Crippen LogP contribution in [0, 0.1) is 0 Å². The summed E-state index contributed by atoms with van der Waals surface area (Å²) in [7, 11) is 1.61. The van der Waals surface area contributed by atoms with E-state index in [0.717, 1.165) is 27.5 Å². The summed E-state index contributed by atoms with van der Waals surface area (Å²) in [6.07, 6.45) is 0.274. The molecular weight excluding hydrogens is 454 g/mol. The standard InChI is InChI=1S/C25H21N3O5S/c1-30-19-4-2-3-16(11-19)12-23(29)26-18-6-8-20(9-7-18)34-14-24-27-28-25(33-24)17-5-10-21-22(13-17)32-15-31-21/h2-11,13H,12,14-15H2,1H3,(H,26,29). The topological polar surface area (TPSA) is 95.7 Å². The van der Waals surface area contributed by atoms with Crippen LogP contribution in [0.1, 0.15) is 11.5 Å². The highest BCUT2D eigenvalue weighted by molar-refractivity contribution is 7.98. The molecule has 0 spiro atoms. The number of nitrogens with one attached hydrogen (secondary N) is 1. The maximum atomic E-state index is 12.4. The molecule has 8 nitrogen and oxygen atoms in total. The highest BCUT2D eigenvalue weighted by atomic mass is 32.2. The number of hydrogen-bond donors (Lipinski definition) is 1. The van der Waals surface area contributed by atoms with E-state index < -0.39 is 0 Å². The fraction of sp³-hybridized carbons (Fsp3) is 0.160. The molecule has 172 valence electrons. The van der Waals surface area contributed by atoms with E-state index >= 15 is 0 Å². The smallest absolute Gasteiger partial charge is 0.247 e. The van der Waals surface area contributed by atoms with Crippen LogP contribution < -0.4 is 19.5 Å². The first-order valence-corrected chi connectivity index (χ1v) is 11.5. The number of amides is 1. The number of thioether (sulfide) groups is 1. The highest BCUT2D eigenvalue weighted by Gasteiger charge is 2.17. The molecular formula is C25H21N3O5S. The van der Waals surface area contributed by atoms with Crippen molar-refractivity contribution >= 4 is 23.4 Å². The maximum absolute atomic E-state index is 12.4. The number of rotatable bonds is 8. The Morgan fingerprint density at radius 3 is 2.74 bits per heavy atom. The summed E-state index contributed by atoms with van der Waals surface area (Å²) in [6.45, 7) is 0.217. The van der Waals surface area contributed by atoms with Gasteiger partial charge in [-0.2, -0.15) is 0 Å². The molecule has 34 heavy (non-hydrogen) atoms. The molecule has 4 aromatic rings. The minimum absolute atomic E-state index is 0.0874. The third kappa shape index (κ3) is 5.15. The first-order chi connectivity index (χ1) is 16.7. The molecule has 0 unspecified atom stereocenters. The highest BCUT2D eigenvalue weighted by Crippen LogP contribution is 2.35. The van der Waals surface area contributed by atoms with Crippen LogP contribution in [-0.2, 0) is 17.0 Å². The van der Waals surface area contributed by atoms with Crippen molar-refractivity contribution in [2.75, 3.05) is 19.2 Å². The van der Waals surface area contributed by atoms with Crippen molar-refractivity contribution in [2.24, 2.45) is 0 Å². The lowest BCUT2D eigenvalue weighted by molar-refractivity contribution is -0.115. The Labute approximate surface area is 200 Å². The van der Waals surface area contributed by atoms with E-state index in [2.05, 4.69) is 15.5 Å². The Kier molecular flexibility index (Phi) is 6.35. The van der Waals surface area contributed by atoms with E-state index in [1.807, 2.05) is 66.7 Å². The minimum atomic E-state index is -0.0874. The van der Waals surface area contributed by atoms with Crippen LogP contribution in [-0.4, -0.2) is 30.0 Å². The first kappa shape index (κ1) is 21.8. The molecule has 5 rings (SSSR count). The molecule has 3 aromatic carbocycles. The number of carbonyl (C=O) groups is 1. The molecule has 1 amide bonds. The number of carbonyl (C=O) groups excluding carboxylic acids is 1. The number of nitrogens with zero attached hydrogens (tertiary/aromatic N) is 2. The fourth-order valence-electron chi connectivity index (χ4n) is 3.41. The first-order valence-electron chi connectivity index (χ1n) is 10.5. The van der Waals surface area contributed by atoms with Crippen molar-refractivity contribution in [2.45, 2.75) is 17.1 Å². The summed E-state index contributed by atoms with van der Waals surface area (Å²) >= 11 is 1.57. The summed E-state index contributed by atoms with van der Waals surface area (Å²) in [4.78, 5) is 13.4. The van der Waals surface area contributed by atoms with Gasteiger partial charge in [-0.15, -0.1) is 22.0 Å². The average Bonchev–Trinajstić information content (AvgIpc) is 3.53. The van der Waals surface area contributed by atoms with E-state index in [1.165, 1.54) is 0 Å². The molecule has 9 heteroatoms. The quantitative estimate of drug-likeness (QED) is 0.358. The Morgan fingerprint density at radius 1 is 1.03 bits per heavy atom. The van der Waals surface area contributed by atoms with Gasteiger partial charge in [0.15, 0.2) is 11.5 Å². The van der Waals surface area contributed by atoms with Gasteiger partial charge in [-0.05, 0) is 60.2 Å². The van der Waals surface area contributed by atoms with Gasteiger partial charge in [0.25, 0.3) is 0 Å². The Hall–Kier alpha value is -3.98. The monoisotopic (exact) mass is 475 g/mol. The van der Waals surface area contributed by atoms with E-state index in [4.69, 9.17) is 18.6 Å². The van der Waals surface area contributed by atoms with Gasteiger partial charge in [0.2, 0.25) is 24.5 Å². The lowest BCUT2D eigenvalue weighted by Gasteiger charge is -2.07. The van der Waals surface area contributed by atoms with Crippen LogP contribution in [0.15, 0.2) is 76.0 Å². The molecule has 0 aliphatic carbocycles. The molecule has 1 aromatic heterocycles. The van der Waals surface area contributed by atoms with Crippen LogP contribution in [0.3, 0.4) is 0 Å². The van der Waals surface area contributed by atoms with E-state index in [0.29, 0.717) is 29.0 Å². The van der Waals surface area contributed by atoms with Crippen molar-refractivity contribution in [3.8, 4) is 28.7 Å². The molecule has 0 fully saturated rings. The summed E-state index contributed by atoms with van der Waals surface area (Å²) in [6, 6.07) is 20.6. The predicted octanol–water partition coefficient (Wildman–Crippen LogP) is 4.95. The van der Waals surface area contributed by atoms with Crippen LogP contribution in [0.5, 0.6) is 17.2 Å². The third-order valence-corrected chi connectivity index (χ3v) is 6.08. The number of ether oxygens (including phenoxy) is 3. The third-order valence-electron chi connectivity index (χ3n) is 5.09. The van der Waals surface area contributed by atoms with Crippen molar-refractivity contribution in [1.82, 2.24) is 10.2 Å². The summed E-state index contributed by atoms with van der Waals surface area (Å²) in [5.41, 5.74) is 2.41. The van der Waals surface area contributed by atoms with E-state index in [9.17, 15) is 4.79 Å². The molecule has 1 aliphatic rings. The van der Waals surface area contributed by atoms with Gasteiger partial charge < -0.3 is 23.9 Å². The molecule has 1 aliphatic heterocycles. The van der Waals surface area contributed by atoms with Gasteiger partial charge >= 0.3 is 0 Å². The number of anilines is 1. The minimum Gasteiger partial charge on any atom is -0.497 e. The Bertz CT molecular complexity index is 1310. The lowest BCUT2D eigenvalue weighted by atomic mass is 10.1. The molecule has 2 heterocycles. The maximum Gasteiger partial charge on any atom is 0.247 e. The summed E-state index contributed by atoms with van der Waals surface area (Å²) < 4.78 is 21.7. The van der Waals surface area contributed by atoms with Gasteiger partial charge in [0.05, 0.1) is 19.3 Å². The second-order valence-electron chi connectivity index (χ2n) is 7.46. The largest absolute Gasteiger partial charge is 0.497 e. The van der Waals surface area contributed by atoms with Crippen molar-refractivity contribution in [3.05, 3.63) is 78.2 Å². The number of methoxy groups -OCH3 is 1. The van der Waals surface area contributed by atoms with Crippen molar-refractivity contribution < 1.29 is 23.4 Å². The summed E-state index contributed by atoms with van der Waals surface area (Å²) in [5, 5.41) is 11.2. The number of aromatic nitrogens is 2. The fourth-order valence-corrected chi connectivity index (χ4v) is 4.15. The van der Waals surface area contributed by atoms with E-state index in [1.54, 1.807) is 18.9 Å². The van der Waals surface area contributed by atoms with Gasteiger partial charge in [-0.25, -0.2) is 0 Å². The van der Waals surface area contributed by atoms with Crippen LogP contribution in [0.4, 0.5) is 5.69 Å². The Morgan fingerprint density at radius 2 is 1.88 bits per heavy atom. The van der Waals surface area contributed by atoms with Gasteiger partial charge in [0, 0.05) is 16.1 Å². The molecule has 0 saturated carbocycles. The molecule has 0 saturated heterocycles. The second-order valence-corrected chi connectivity index (χ2v) is 8.51. The van der Waals surface area contributed by atoms with E-state index in [-0.39, 0.29) is 19.1 Å². The van der Waals surface area contributed by atoms with Gasteiger partial charge in [0.1, 0.15) is 5.75 Å². The van der Waals surface area contributed by atoms with Gasteiger partial charge in [-0.3, -0.25) is 4.79 Å². The van der Waals surface area contributed by atoms with Crippen LogP contribution in [0.2, 0.25) is 0 Å². The van der Waals surface area contributed by atoms with Crippen LogP contribution in [0.25, 0.3) is 11.5 Å². The Balaban J connectivity index is 1.14. The number of fused-ring (bicyclic) bond motifs is 1. The van der Waals surface area contributed by atoms with Crippen molar-refractivity contribution in [3.63, 3.8) is 0 Å². The zero-order valence-electron chi connectivity index (χ0n) is 18.3. The average molecular weight is 476 g/mol. The van der Waals surface area contributed by atoms with Crippen LogP contribution >= 0.6 is 11.8 Å². The zero-order valence-corrected chi connectivity index (χ0v) is 19.1. The summed E-state index contributed by atoms with van der Waals surface area (Å²) in [5.74, 6) is 3.50. The normalized spacial score (nSPS) is 11.9. The lowest BCUT2D eigenvalue weighted by Crippen LogP contribution is -2.14. The molecule has 0 bridgehead atoms. The predicted molar refractivity (Wildman–Crippen MR) is 127 cm³/mol. The number of benzene rings is 3. The molecule has 1 N–H and O–H groups in total. The number of hydrogen-bond acceptors (Lipinski definition) is 8. The SMILES string of the molecule is COc1cccc(CC(=O)Nc2ccc(SCc3nnc(-c4ccc5c(c4)OCO5)o3)cc2)c1. The van der Waals surface area contributed by atoms with Crippen molar-refractivity contribution in [1.29, 1.82) is 0 Å². The zero-order chi connectivity index (χ0) is 23.3. The second kappa shape index (κ2) is 9.88. The van der Waals surface area contributed by atoms with Gasteiger partial charge in [-0.1, -0.05) is 12.1 Å².